The number of pyridine rings is 1. The van der Waals surface area contributed by atoms with E-state index in [-0.39, 0.29) is 30.8 Å². The second-order valence-corrected chi connectivity index (χ2v) is 14.9. The van der Waals surface area contributed by atoms with Gasteiger partial charge in [-0.3, -0.25) is 9.32 Å². The lowest BCUT2D eigenvalue weighted by Gasteiger charge is -2.31. The van der Waals surface area contributed by atoms with Crippen molar-refractivity contribution in [1.29, 1.82) is 0 Å². The number of nitrogens with zero attached hydrogens (tertiary/aromatic N) is 3. The molecule has 0 aliphatic heterocycles. The Kier molecular flexibility index (Phi) is 11.4. The number of ether oxygens (including phenoxy) is 2. The van der Waals surface area contributed by atoms with Gasteiger partial charge in [-0.05, 0) is 69.9 Å². The molecule has 11 nitrogen and oxygen atoms in total. The highest BCUT2D eigenvalue weighted by Gasteiger charge is 2.39. The molecule has 4 rings (SSSR count). The molecule has 2 heterocycles. The van der Waals surface area contributed by atoms with Crippen molar-refractivity contribution in [2.45, 2.75) is 79.7 Å². The van der Waals surface area contributed by atoms with Gasteiger partial charge in [0.05, 0.1) is 23.7 Å². The van der Waals surface area contributed by atoms with E-state index in [0.29, 0.717) is 28.8 Å². The molecular formula is C33H45ClN5O6P. The number of imidazole rings is 1. The van der Waals surface area contributed by atoms with Crippen LogP contribution in [-0.4, -0.2) is 45.4 Å². The van der Waals surface area contributed by atoms with Crippen LogP contribution in [-0.2, 0) is 30.0 Å². The third kappa shape index (κ3) is 8.57. The number of nitrogen functional groups attached to an aromatic ring is 1. The van der Waals surface area contributed by atoms with Gasteiger partial charge < -0.3 is 24.3 Å². The topological polar surface area (TPSA) is 140 Å². The van der Waals surface area contributed by atoms with Crippen LogP contribution in [0.5, 0.6) is 5.75 Å². The Morgan fingerprint density at radius 1 is 1.04 bits per heavy atom. The van der Waals surface area contributed by atoms with Gasteiger partial charge in [-0.2, -0.15) is 5.09 Å². The summed E-state index contributed by atoms with van der Waals surface area (Å²) < 4.78 is 40.4. The van der Waals surface area contributed by atoms with E-state index >= 15 is 0 Å². The maximum Gasteiger partial charge on any atom is 0.459 e. The first-order valence-electron chi connectivity index (χ1n) is 15.5. The number of fused-ring (bicyclic) bond motifs is 3. The molecule has 3 atom stereocenters. The second-order valence-electron chi connectivity index (χ2n) is 12.8. The van der Waals surface area contributed by atoms with Crippen molar-refractivity contribution in [1.82, 2.24) is 19.6 Å². The van der Waals surface area contributed by atoms with Crippen LogP contribution in [0.1, 0.15) is 67.3 Å². The minimum Gasteiger partial charge on any atom is -0.459 e. The van der Waals surface area contributed by atoms with Crippen LogP contribution < -0.4 is 15.3 Å². The molecule has 3 N–H and O–H groups in total. The number of anilines is 1. The fourth-order valence-electron chi connectivity index (χ4n) is 4.99. The van der Waals surface area contributed by atoms with Gasteiger partial charge in [0.2, 0.25) is 0 Å². The molecule has 46 heavy (non-hydrogen) atoms. The molecule has 0 fully saturated rings. The highest BCUT2D eigenvalue weighted by atomic mass is 35.5. The molecule has 0 aliphatic rings. The van der Waals surface area contributed by atoms with Gasteiger partial charge in [-0.25, -0.2) is 14.5 Å². The minimum absolute atomic E-state index is 0.0401. The maximum absolute atomic E-state index is 14.7. The van der Waals surface area contributed by atoms with Gasteiger partial charge in [0.15, 0.2) is 5.82 Å². The molecule has 250 valence electrons. The third-order valence-electron chi connectivity index (χ3n) is 7.24. The van der Waals surface area contributed by atoms with Crippen LogP contribution in [0.2, 0.25) is 5.02 Å². The predicted octanol–water partition coefficient (Wildman–Crippen LogP) is 7.71. The Balaban J connectivity index is 1.79. The van der Waals surface area contributed by atoms with Crippen LogP contribution in [0.3, 0.4) is 0 Å². The second kappa shape index (κ2) is 14.7. The van der Waals surface area contributed by atoms with Gasteiger partial charge in [0.1, 0.15) is 35.3 Å². The van der Waals surface area contributed by atoms with E-state index in [4.69, 9.17) is 40.8 Å². The summed E-state index contributed by atoms with van der Waals surface area (Å²) >= 11 is 6.09. The summed E-state index contributed by atoms with van der Waals surface area (Å²) in [7, 11) is -4.23. The van der Waals surface area contributed by atoms with Crippen LogP contribution in [0, 0.1) is 11.8 Å². The van der Waals surface area contributed by atoms with Gasteiger partial charge in [0, 0.05) is 17.0 Å². The van der Waals surface area contributed by atoms with E-state index in [1.54, 1.807) is 45.0 Å². The summed E-state index contributed by atoms with van der Waals surface area (Å²) in [6.07, 6.45) is 0. The van der Waals surface area contributed by atoms with Crippen molar-refractivity contribution in [3.63, 3.8) is 0 Å². The predicted molar refractivity (Wildman–Crippen MR) is 182 cm³/mol. The monoisotopic (exact) mass is 673 g/mol. The van der Waals surface area contributed by atoms with E-state index in [2.05, 4.69) is 10.1 Å². The molecule has 4 aromatic rings. The molecular weight excluding hydrogens is 629 g/mol. The lowest BCUT2D eigenvalue weighted by molar-refractivity contribution is -0.158. The largest absolute Gasteiger partial charge is 0.459 e. The lowest BCUT2D eigenvalue weighted by Crippen LogP contribution is -2.44. The number of rotatable bonds is 14. The molecule has 0 saturated carbocycles. The zero-order chi connectivity index (χ0) is 33.8. The third-order valence-corrected chi connectivity index (χ3v) is 9.03. The number of nitrogens with one attached hydrogen (secondary N) is 1. The maximum atomic E-state index is 14.7. The first-order chi connectivity index (χ1) is 21.6. The van der Waals surface area contributed by atoms with Crippen molar-refractivity contribution in [3.8, 4) is 5.75 Å². The summed E-state index contributed by atoms with van der Waals surface area (Å²) in [5.41, 5.74) is 7.70. The molecule has 2 aromatic carbocycles. The van der Waals surface area contributed by atoms with Crippen molar-refractivity contribution in [2.75, 3.05) is 18.9 Å². The molecule has 13 heteroatoms. The Hall–Kier alpha value is -3.21. The van der Waals surface area contributed by atoms with Gasteiger partial charge in [-0.15, -0.1) is 0 Å². The number of halogens is 1. The van der Waals surface area contributed by atoms with Gasteiger partial charge in [-0.1, -0.05) is 57.5 Å². The van der Waals surface area contributed by atoms with E-state index in [1.807, 2.05) is 63.5 Å². The van der Waals surface area contributed by atoms with Crippen molar-refractivity contribution < 1.29 is 27.9 Å². The number of para-hydroxylation sites is 1. The molecule has 1 unspecified atom stereocenters. The number of carbonyl (C=O) groups is 1. The zero-order valence-electron chi connectivity index (χ0n) is 27.7. The number of hydrogen-bond donors (Lipinski definition) is 2. The molecule has 0 saturated heterocycles. The number of aromatic nitrogens is 3. The van der Waals surface area contributed by atoms with Crippen molar-refractivity contribution in [2.24, 2.45) is 11.8 Å². The van der Waals surface area contributed by atoms with Crippen LogP contribution in [0.4, 0.5) is 5.82 Å². The van der Waals surface area contributed by atoms with Gasteiger partial charge in [0.25, 0.3) is 0 Å². The zero-order valence-corrected chi connectivity index (χ0v) is 29.4. The molecule has 0 amide bonds. The first kappa shape index (κ1) is 35.6. The van der Waals surface area contributed by atoms with Crippen LogP contribution in [0.25, 0.3) is 21.9 Å². The van der Waals surface area contributed by atoms with E-state index in [0.717, 1.165) is 16.4 Å². The molecule has 0 aliphatic carbocycles. The standard InChI is InChI=1S/C33H45ClN5O6P/c1-9-42-19-27-37-29-30(24-12-10-11-13-25(24)36-31(29)35)39(27)26(20(2)3)18-43-46(41,45-23-16-14-22(34)15-17-23)38-28(21(4)5)32(40)44-33(6,7)8/h10-17,20-21,26,28H,9,18-19H2,1-8H3,(H2,35,36)(H,38,41)/t26-,28-,46?/m0/s1. The Labute approximate surface area is 275 Å². The lowest BCUT2D eigenvalue weighted by atomic mass is 10.0. The number of nitrogens with two attached hydrogens (primary N) is 1. The summed E-state index contributed by atoms with van der Waals surface area (Å²) in [6, 6.07) is 12.7. The highest BCUT2D eigenvalue weighted by molar-refractivity contribution is 7.52. The quantitative estimate of drug-likeness (QED) is 0.101. The van der Waals surface area contributed by atoms with E-state index in [9.17, 15) is 9.36 Å². The van der Waals surface area contributed by atoms with Crippen LogP contribution >= 0.6 is 19.3 Å². The highest BCUT2D eigenvalue weighted by Crippen LogP contribution is 2.47. The van der Waals surface area contributed by atoms with E-state index in [1.165, 1.54) is 0 Å². The van der Waals surface area contributed by atoms with Crippen molar-refractivity contribution in [3.05, 3.63) is 59.4 Å². The summed E-state index contributed by atoms with van der Waals surface area (Å²) in [5, 5.41) is 4.25. The fourth-order valence-corrected chi connectivity index (χ4v) is 6.79. The van der Waals surface area contributed by atoms with Gasteiger partial charge >= 0.3 is 13.7 Å². The summed E-state index contributed by atoms with van der Waals surface area (Å²) in [4.78, 5) is 22.7. The number of esters is 1. The number of benzene rings is 2. The normalized spacial score (nSPS) is 14.9. The minimum atomic E-state index is -4.23. The van der Waals surface area contributed by atoms with Crippen molar-refractivity contribution >= 4 is 53.1 Å². The molecule has 0 radical (unpaired) electrons. The molecule has 0 bridgehead atoms. The fraction of sp³-hybridized carbons (Fsp3) is 0.485. The molecule has 0 spiro atoms. The smallest absolute Gasteiger partial charge is 0.459 e. The average molecular weight is 674 g/mol. The Bertz CT molecular complexity index is 1700. The first-order valence-corrected chi connectivity index (χ1v) is 17.4. The summed E-state index contributed by atoms with van der Waals surface area (Å²) in [6.45, 7) is 15.6. The number of hydrogen-bond acceptors (Lipinski definition) is 9. The summed E-state index contributed by atoms with van der Waals surface area (Å²) in [5.74, 6) is 0.257. The molecule has 2 aromatic heterocycles. The Morgan fingerprint density at radius 2 is 1.72 bits per heavy atom. The Morgan fingerprint density at radius 3 is 2.33 bits per heavy atom. The van der Waals surface area contributed by atoms with Crippen LogP contribution in [0.15, 0.2) is 48.5 Å². The SMILES string of the molecule is CCOCc1nc2c(N)nc3ccccc3c2n1[C@@H](COP(=O)(N[C@H](C(=O)OC(C)(C)C)C(C)C)Oc1ccc(Cl)cc1)C(C)C. The average Bonchev–Trinajstić information content (AvgIpc) is 3.35. The van der Waals surface area contributed by atoms with E-state index < -0.39 is 31.4 Å². The number of carbonyl (C=O) groups excluding carboxylic acids is 1.